The van der Waals surface area contributed by atoms with Gasteiger partial charge in [-0.05, 0) is 50.5 Å². The maximum atomic E-state index is 12.6. The van der Waals surface area contributed by atoms with Gasteiger partial charge in [0.05, 0.1) is 24.5 Å². The number of amidine groups is 1. The quantitative estimate of drug-likeness (QED) is 0.308. The molecule has 1 aromatic carbocycles. The van der Waals surface area contributed by atoms with E-state index in [-0.39, 0.29) is 23.0 Å². The highest BCUT2D eigenvalue weighted by atomic mass is 16.2. The lowest BCUT2D eigenvalue weighted by atomic mass is 10.1. The third-order valence-electron chi connectivity index (χ3n) is 5.35. The minimum atomic E-state index is -0.269. The van der Waals surface area contributed by atoms with Crippen LogP contribution >= 0.6 is 0 Å². The van der Waals surface area contributed by atoms with E-state index in [1.165, 1.54) is 6.08 Å². The molecule has 0 aliphatic carbocycles. The maximum absolute atomic E-state index is 12.6. The summed E-state index contributed by atoms with van der Waals surface area (Å²) in [7, 11) is 3.86. The van der Waals surface area contributed by atoms with Crippen molar-refractivity contribution in [2.24, 2.45) is 15.8 Å². The van der Waals surface area contributed by atoms with Crippen molar-refractivity contribution in [1.82, 2.24) is 15.2 Å². The molecular formula is C25H27N8O2+. The van der Waals surface area contributed by atoms with Gasteiger partial charge in [-0.2, -0.15) is 10.8 Å². The average Bonchev–Trinajstić information content (AvgIpc) is 3.15. The second-order valence-electron chi connectivity index (χ2n) is 8.25. The van der Waals surface area contributed by atoms with Crippen LogP contribution in [-0.4, -0.2) is 65.5 Å². The Balaban J connectivity index is 1.50. The zero-order valence-electron chi connectivity index (χ0n) is 19.5. The number of hydrogen-bond donors (Lipinski definition) is 3. The van der Waals surface area contributed by atoms with E-state index < -0.39 is 0 Å². The molecule has 10 nitrogen and oxygen atoms in total. The number of likely N-dealkylation sites (N-methyl/N-ethyl adjacent to an activating group) is 1. The highest BCUT2D eigenvalue weighted by Crippen LogP contribution is 2.30. The van der Waals surface area contributed by atoms with Gasteiger partial charge >= 0.3 is 0 Å². The van der Waals surface area contributed by atoms with Crippen molar-refractivity contribution >= 4 is 29.7 Å². The Labute approximate surface area is 203 Å². The Kier molecular flexibility index (Phi) is 7.06. The van der Waals surface area contributed by atoms with Crippen LogP contribution in [0.2, 0.25) is 0 Å². The molecule has 2 aromatic rings. The third-order valence-corrected chi connectivity index (χ3v) is 5.35. The van der Waals surface area contributed by atoms with E-state index >= 15 is 0 Å². The summed E-state index contributed by atoms with van der Waals surface area (Å²) < 4.78 is -0.176. The summed E-state index contributed by atoms with van der Waals surface area (Å²) >= 11 is 0. The number of allylic oxidation sites excluding steroid dienone is 1. The number of nitrogens with one attached hydrogen (secondary N) is 2. The summed E-state index contributed by atoms with van der Waals surface area (Å²) in [5, 5.41) is 5.61. The number of nitrogens with two attached hydrogens (primary N) is 1. The summed E-state index contributed by atoms with van der Waals surface area (Å²) in [5.74, 6) is 7.25. The molecule has 0 saturated carbocycles. The van der Waals surface area contributed by atoms with Gasteiger partial charge in [-0.3, -0.25) is 14.6 Å². The van der Waals surface area contributed by atoms with Crippen LogP contribution in [0.25, 0.3) is 0 Å². The molecule has 4 N–H and O–H groups in total. The Morgan fingerprint density at radius 1 is 1.14 bits per heavy atom. The highest BCUT2D eigenvalue weighted by molar-refractivity contribution is 6.05. The second kappa shape index (κ2) is 10.3. The Hall–Kier alpha value is -4.25. The first-order chi connectivity index (χ1) is 16.9. The standard InChI is InChI=1S/C25H26N8O2/c1-32(2)14-5-7-23(34)29-16-20-21-17-27-13-15-33(21,26)24(30-20)18-8-10-19(11-9-18)25(35)31-22-6-3-4-12-28-22/h3-13,15,17H,14,16,26H2,1-2H3,(H-,28,29,31,34,35)/p+1/b7-5+. The molecule has 3 heterocycles. The molecule has 4 rings (SSSR count). The maximum Gasteiger partial charge on any atom is 0.264 e. The largest absolute Gasteiger partial charge is 0.347 e. The number of nitrogens with zero attached hydrogens (tertiary/aromatic N) is 5. The fourth-order valence-electron chi connectivity index (χ4n) is 3.58. The molecule has 0 saturated heterocycles. The molecule has 0 fully saturated rings. The van der Waals surface area contributed by atoms with Crippen molar-refractivity contribution < 1.29 is 14.2 Å². The Morgan fingerprint density at radius 2 is 1.94 bits per heavy atom. The number of carbonyl (C=O) groups excluding carboxylic acids is 2. The molecule has 2 amide bonds. The number of pyridine rings is 1. The van der Waals surface area contributed by atoms with Crippen LogP contribution in [0.4, 0.5) is 5.82 Å². The number of benzene rings is 1. The van der Waals surface area contributed by atoms with E-state index in [1.807, 2.05) is 19.0 Å². The number of hydrogen-bond acceptors (Lipinski definition) is 7. The molecule has 1 aromatic heterocycles. The fraction of sp³-hybridized carbons (Fsp3) is 0.160. The smallest absolute Gasteiger partial charge is 0.264 e. The van der Waals surface area contributed by atoms with Gasteiger partial charge in [-0.25, -0.2) is 4.98 Å². The molecule has 1 atom stereocenters. The summed E-state index contributed by atoms with van der Waals surface area (Å²) in [6.45, 7) is 0.866. The van der Waals surface area contributed by atoms with Crippen LogP contribution in [0.1, 0.15) is 15.9 Å². The summed E-state index contributed by atoms with van der Waals surface area (Å²) in [6, 6.07) is 12.3. The Morgan fingerprint density at radius 3 is 2.66 bits per heavy atom. The van der Waals surface area contributed by atoms with Crippen molar-refractivity contribution in [2.45, 2.75) is 0 Å². The van der Waals surface area contributed by atoms with Crippen molar-refractivity contribution in [3.63, 3.8) is 0 Å². The molecule has 35 heavy (non-hydrogen) atoms. The number of quaternary nitrogens is 1. The van der Waals surface area contributed by atoms with E-state index in [1.54, 1.807) is 73.4 Å². The van der Waals surface area contributed by atoms with Crippen LogP contribution in [0.15, 0.2) is 94.6 Å². The lowest BCUT2D eigenvalue weighted by molar-refractivity contribution is -0.750. The molecule has 0 bridgehead atoms. The van der Waals surface area contributed by atoms with Gasteiger partial charge in [0.25, 0.3) is 11.7 Å². The first-order valence-electron chi connectivity index (χ1n) is 11.0. The zero-order chi connectivity index (χ0) is 24.8. The molecule has 178 valence electrons. The monoisotopic (exact) mass is 471 g/mol. The van der Waals surface area contributed by atoms with E-state index in [0.29, 0.717) is 35.2 Å². The lowest BCUT2D eigenvalue weighted by Gasteiger charge is -2.26. The third kappa shape index (κ3) is 5.46. The van der Waals surface area contributed by atoms with Gasteiger partial charge in [0.15, 0.2) is 0 Å². The minimum absolute atomic E-state index is 0.176. The lowest BCUT2D eigenvalue weighted by Crippen LogP contribution is -2.53. The Bertz CT molecular complexity index is 1260. The molecule has 2 aliphatic heterocycles. The summed E-state index contributed by atoms with van der Waals surface area (Å²) in [5.41, 5.74) is 2.49. The number of carbonyl (C=O) groups is 2. The van der Waals surface area contributed by atoms with E-state index in [9.17, 15) is 9.59 Å². The SMILES string of the molecule is CN(C)C/C=C/C(=O)NCC1=C2C=NC=C[N+]2(N)C(c2ccc(C(=O)Nc3ccccn3)cc2)=N1. The van der Waals surface area contributed by atoms with Gasteiger partial charge in [0.1, 0.15) is 17.7 Å². The van der Waals surface area contributed by atoms with E-state index in [4.69, 9.17) is 10.8 Å². The topological polar surface area (TPSA) is 125 Å². The fourth-order valence-corrected chi connectivity index (χ4v) is 3.58. The molecular weight excluding hydrogens is 444 g/mol. The normalized spacial score (nSPS) is 18.7. The number of fused-ring (bicyclic) bond motifs is 1. The molecule has 0 spiro atoms. The van der Waals surface area contributed by atoms with Crippen molar-refractivity contribution in [3.8, 4) is 0 Å². The van der Waals surface area contributed by atoms with E-state index in [2.05, 4.69) is 20.6 Å². The van der Waals surface area contributed by atoms with Crippen LogP contribution in [0, 0.1) is 0 Å². The molecule has 1 unspecified atom stereocenters. The number of aliphatic imine (C=N–C) groups is 2. The number of anilines is 1. The van der Waals surface area contributed by atoms with Crippen LogP contribution < -0.4 is 16.5 Å². The van der Waals surface area contributed by atoms with Crippen LogP contribution in [-0.2, 0) is 4.79 Å². The van der Waals surface area contributed by atoms with Gasteiger partial charge in [-0.1, -0.05) is 12.1 Å². The number of aromatic nitrogens is 1. The van der Waals surface area contributed by atoms with Crippen molar-refractivity contribution in [3.05, 3.63) is 95.7 Å². The van der Waals surface area contributed by atoms with Crippen LogP contribution in [0.3, 0.4) is 0 Å². The van der Waals surface area contributed by atoms with Crippen LogP contribution in [0.5, 0.6) is 0 Å². The molecule has 10 heteroatoms. The predicted molar refractivity (Wildman–Crippen MR) is 135 cm³/mol. The minimum Gasteiger partial charge on any atom is -0.347 e. The number of rotatable bonds is 8. The summed E-state index contributed by atoms with van der Waals surface area (Å²) in [4.78, 5) is 39.7. The van der Waals surface area contributed by atoms with E-state index in [0.717, 1.165) is 5.56 Å². The van der Waals surface area contributed by atoms with Crippen molar-refractivity contribution in [1.29, 1.82) is 0 Å². The summed E-state index contributed by atoms with van der Waals surface area (Å²) in [6.07, 6.45) is 9.88. The first-order valence-corrected chi connectivity index (χ1v) is 11.0. The molecule has 2 aliphatic rings. The van der Waals surface area contributed by atoms with Gasteiger partial charge in [0, 0.05) is 24.4 Å². The number of amides is 2. The molecule has 0 radical (unpaired) electrons. The van der Waals surface area contributed by atoms with Gasteiger partial charge < -0.3 is 15.5 Å². The zero-order valence-corrected chi connectivity index (χ0v) is 19.5. The van der Waals surface area contributed by atoms with Crippen molar-refractivity contribution in [2.75, 3.05) is 32.5 Å². The highest BCUT2D eigenvalue weighted by Gasteiger charge is 2.43. The second-order valence-corrected chi connectivity index (χ2v) is 8.25. The predicted octanol–water partition coefficient (Wildman–Crippen LogP) is 1.79. The van der Waals surface area contributed by atoms with Gasteiger partial charge in [0.2, 0.25) is 11.6 Å². The first kappa shape index (κ1) is 23.9. The average molecular weight is 472 g/mol. The van der Waals surface area contributed by atoms with Gasteiger partial charge in [-0.15, -0.1) is 4.59 Å².